The third kappa shape index (κ3) is 5.33. The molecule has 4 rings (SSSR count). The molecule has 160 valence electrons. The zero-order valence-electron chi connectivity index (χ0n) is 18.1. The largest absolute Gasteiger partial charge is 0.480 e. The third-order valence-corrected chi connectivity index (χ3v) is 5.82. The first-order valence-electron chi connectivity index (χ1n) is 11.1. The van der Waals surface area contributed by atoms with E-state index in [1.54, 1.807) is 0 Å². The number of amides is 1. The molecule has 1 aliphatic heterocycles. The summed E-state index contributed by atoms with van der Waals surface area (Å²) in [6.45, 7) is 6.17. The first kappa shape index (κ1) is 21.1. The van der Waals surface area contributed by atoms with Crippen LogP contribution < -0.4 is 4.74 Å². The Hall–Kier alpha value is -3.11. The molecule has 0 radical (unpaired) electrons. The van der Waals surface area contributed by atoms with Crippen LogP contribution in [0.25, 0.3) is 16.8 Å². The zero-order valence-corrected chi connectivity index (χ0v) is 18.1. The van der Waals surface area contributed by atoms with Gasteiger partial charge in [0.15, 0.2) is 6.10 Å². The van der Waals surface area contributed by atoms with E-state index in [2.05, 4.69) is 53.5 Å². The van der Waals surface area contributed by atoms with Crippen molar-refractivity contribution in [2.75, 3.05) is 32.7 Å². The summed E-state index contributed by atoms with van der Waals surface area (Å²) in [5.41, 5.74) is 1.22. The summed E-state index contributed by atoms with van der Waals surface area (Å²) in [6.07, 6.45) is 4.56. The van der Waals surface area contributed by atoms with Crippen molar-refractivity contribution in [1.82, 2.24) is 9.80 Å². The Kier molecular flexibility index (Phi) is 7.00. The molecule has 1 atom stereocenters. The SMILES string of the molecule is CC[C@H](Oc1cccc2ccccc12)C(=O)N1CCN(C/C=C/c2ccccc2)CC1. The average Bonchev–Trinajstić information content (AvgIpc) is 2.83. The van der Waals surface area contributed by atoms with Gasteiger partial charge in [-0.05, 0) is 23.4 Å². The van der Waals surface area contributed by atoms with Crippen molar-refractivity contribution >= 4 is 22.8 Å². The van der Waals surface area contributed by atoms with E-state index in [1.807, 2.05) is 48.2 Å². The van der Waals surface area contributed by atoms with Crippen LogP contribution >= 0.6 is 0 Å². The van der Waals surface area contributed by atoms with E-state index in [0.717, 1.165) is 49.2 Å². The minimum atomic E-state index is -0.449. The Balaban J connectivity index is 1.32. The fourth-order valence-electron chi connectivity index (χ4n) is 4.02. The van der Waals surface area contributed by atoms with Crippen LogP contribution in [0.2, 0.25) is 0 Å². The fraction of sp³-hybridized carbons (Fsp3) is 0.296. The highest BCUT2D eigenvalue weighted by atomic mass is 16.5. The van der Waals surface area contributed by atoms with Crippen LogP contribution in [0, 0.1) is 0 Å². The summed E-state index contributed by atoms with van der Waals surface area (Å²) in [7, 11) is 0. The Morgan fingerprint density at radius 2 is 1.65 bits per heavy atom. The Labute approximate surface area is 184 Å². The van der Waals surface area contributed by atoms with E-state index in [-0.39, 0.29) is 5.91 Å². The van der Waals surface area contributed by atoms with Crippen molar-refractivity contribution in [3.63, 3.8) is 0 Å². The minimum absolute atomic E-state index is 0.0925. The van der Waals surface area contributed by atoms with Gasteiger partial charge >= 0.3 is 0 Å². The lowest BCUT2D eigenvalue weighted by molar-refractivity contribution is -0.140. The molecule has 3 aromatic rings. The second-order valence-corrected chi connectivity index (χ2v) is 7.93. The lowest BCUT2D eigenvalue weighted by Gasteiger charge is -2.35. The van der Waals surface area contributed by atoms with Crippen molar-refractivity contribution < 1.29 is 9.53 Å². The number of rotatable bonds is 7. The number of hydrogen-bond acceptors (Lipinski definition) is 3. The number of piperazine rings is 1. The van der Waals surface area contributed by atoms with Crippen LogP contribution in [-0.2, 0) is 4.79 Å². The fourth-order valence-corrected chi connectivity index (χ4v) is 4.02. The van der Waals surface area contributed by atoms with Gasteiger partial charge in [0.05, 0.1) is 0 Å². The Bertz CT molecular complexity index is 1020. The van der Waals surface area contributed by atoms with Crippen LogP contribution in [0.15, 0.2) is 78.9 Å². The maximum Gasteiger partial charge on any atom is 0.263 e. The van der Waals surface area contributed by atoms with Crippen LogP contribution in [0.4, 0.5) is 0 Å². The molecule has 1 aliphatic rings. The highest BCUT2D eigenvalue weighted by Gasteiger charge is 2.27. The van der Waals surface area contributed by atoms with Crippen LogP contribution in [0.3, 0.4) is 0 Å². The molecule has 1 heterocycles. The van der Waals surface area contributed by atoms with E-state index >= 15 is 0 Å². The molecule has 0 N–H and O–H groups in total. The minimum Gasteiger partial charge on any atom is -0.480 e. The van der Waals surface area contributed by atoms with E-state index in [9.17, 15) is 4.79 Å². The number of benzene rings is 3. The third-order valence-electron chi connectivity index (χ3n) is 5.82. The molecule has 1 saturated heterocycles. The summed E-state index contributed by atoms with van der Waals surface area (Å²) < 4.78 is 6.22. The van der Waals surface area contributed by atoms with Crippen molar-refractivity contribution in [1.29, 1.82) is 0 Å². The van der Waals surface area contributed by atoms with Gasteiger partial charge in [-0.2, -0.15) is 0 Å². The molecule has 4 heteroatoms. The van der Waals surface area contributed by atoms with E-state index in [1.165, 1.54) is 5.56 Å². The molecule has 0 aromatic heterocycles. The van der Waals surface area contributed by atoms with E-state index < -0.39 is 6.10 Å². The molecule has 0 saturated carbocycles. The van der Waals surface area contributed by atoms with E-state index in [0.29, 0.717) is 6.42 Å². The van der Waals surface area contributed by atoms with Crippen LogP contribution in [0.1, 0.15) is 18.9 Å². The second-order valence-electron chi connectivity index (χ2n) is 7.93. The number of hydrogen-bond donors (Lipinski definition) is 0. The van der Waals surface area contributed by atoms with Gasteiger partial charge < -0.3 is 9.64 Å². The van der Waals surface area contributed by atoms with Crippen LogP contribution in [0.5, 0.6) is 5.75 Å². The van der Waals surface area contributed by atoms with Gasteiger partial charge in [-0.3, -0.25) is 9.69 Å². The van der Waals surface area contributed by atoms with Crippen molar-refractivity contribution in [3.8, 4) is 5.75 Å². The first-order chi connectivity index (χ1) is 15.2. The average molecular weight is 415 g/mol. The van der Waals surface area contributed by atoms with Gasteiger partial charge in [0.25, 0.3) is 5.91 Å². The normalized spacial score (nSPS) is 16.0. The molecule has 0 spiro atoms. The summed E-state index contributed by atoms with van der Waals surface area (Å²) >= 11 is 0. The molecule has 0 bridgehead atoms. The van der Waals surface area contributed by atoms with E-state index in [4.69, 9.17) is 4.74 Å². The maximum atomic E-state index is 13.1. The topological polar surface area (TPSA) is 32.8 Å². The maximum absolute atomic E-state index is 13.1. The quantitative estimate of drug-likeness (QED) is 0.554. The van der Waals surface area contributed by atoms with Gasteiger partial charge in [-0.1, -0.05) is 85.8 Å². The molecular weight excluding hydrogens is 384 g/mol. The molecule has 1 amide bonds. The monoisotopic (exact) mass is 414 g/mol. The smallest absolute Gasteiger partial charge is 0.263 e. The van der Waals surface area contributed by atoms with Gasteiger partial charge in [-0.25, -0.2) is 0 Å². The first-order valence-corrected chi connectivity index (χ1v) is 11.1. The van der Waals surface area contributed by atoms with Crippen LogP contribution in [-0.4, -0.2) is 54.5 Å². The second kappa shape index (κ2) is 10.3. The predicted molar refractivity (Wildman–Crippen MR) is 127 cm³/mol. The molecule has 0 unspecified atom stereocenters. The highest BCUT2D eigenvalue weighted by Crippen LogP contribution is 2.27. The molecule has 3 aromatic carbocycles. The summed E-state index contributed by atoms with van der Waals surface area (Å²) in [4.78, 5) is 17.5. The molecule has 0 aliphatic carbocycles. The van der Waals surface area contributed by atoms with Crippen molar-refractivity contribution in [3.05, 3.63) is 84.4 Å². The van der Waals surface area contributed by atoms with Gasteiger partial charge in [0.1, 0.15) is 5.75 Å². The zero-order chi connectivity index (χ0) is 21.5. The lowest BCUT2D eigenvalue weighted by atomic mass is 10.1. The number of fused-ring (bicyclic) bond motifs is 1. The summed E-state index contributed by atoms with van der Waals surface area (Å²) in [5, 5.41) is 2.17. The standard InChI is InChI=1S/C27H30N2O2/c1-2-25(31-26-16-8-14-23-13-6-7-15-24(23)26)27(30)29-20-18-28(19-21-29)17-9-12-22-10-4-3-5-11-22/h3-16,25H,2,17-21H2,1H3/b12-9+/t25-/m0/s1. The Morgan fingerprint density at radius 3 is 2.42 bits per heavy atom. The van der Waals surface area contributed by atoms with Gasteiger partial charge in [-0.15, -0.1) is 0 Å². The van der Waals surface area contributed by atoms with Gasteiger partial charge in [0, 0.05) is 38.1 Å². The number of carbonyl (C=O) groups excluding carboxylic acids is 1. The predicted octanol–water partition coefficient (Wildman–Crippen LogP) is 4.85. The van der Waals surface area contributed by atoms with Crippen molar-refractivity contribution in [2.45, 2.75) is 19.4 Å². The molecule has 4 nitrogen and oxygen atoms in total. The van der Waals surface area contributed by atoms with Gasteiger partial charge in [0.2, 0.25) is 0 Å². The lowest BCUT2D eigenvalue weighted by Crippen LogP contribution is -2.52. The number of carbonyl (C=O) groups is 1. The molecular formula is C27H30N2O2. The summed E-state index contributed by atoms with van der Waals surface area (Å²) in [6, 6.07) is 24.5. The molecule has 31 heavy (non-hydrogen) atoms. The highest BCUT2D eigenvalue weighted by molar-refractivity contribution is 5.89. The summed E-state index contributed by atoms with van der Waals surface area (Å²) in [5.74, 6) is 0.873. The number of ether oxygens (including phenoxy) is 1. The Morgan fingerprint density at radius 1 is 0.935 bits per heavy atom. The molecule has 1 fully saturated rings. The van der Waals surface area contributed by atoms with Crippen molar-refractivity contribution in [2.24, 2.45) is 0 Å². The number of nitrogens with zero attached hydrogens (tertiary/aromatic N) is 2.